The molecule has 1 atom stereocenters. The van der Waals surface area contributed by atoms with Gasteiger partial charge in [-0.15, -0.1) is 21.5 Å². The van der Waals surface area contributed by atoms with Gasteiger partial charge in [-0.2, -0.15) is 0 Å². The summed E-state index contributed by atoms with van der Waals surface area (Å²) in [6.07, 6.45) is 3.10. The third-order valence-corrected chi connectivity index (χ3v) is 6.61. The smallest absolute Gasteiger partial charge is 0.248 e. The normalized spacial score (nSPS) is 12.0. The predicted octanol–water partition coefficient (Wildman–Crippen LogP) is 4.05. The number of benzene rings is 1. The van der Waals surface area contributed by atoms with Crippen molar-refractivity contribution in [3.05, 3.63) is 64.4 Å². The molecule has 0 aliphatic rings. The second kappa shape index (κ2) is 10.2. The van der Waals surface area contributed by atoms with Gasteiger partial charge in [0.2, 0.25) is 16.9 Å². The van der Waals surface area contributed by atoms with Gasteiger partial charge in [0, 0.05) is 16.7 Å². The number of thiophene rings is 1. The first-order valence-corrected chi connectivity index (χ1v) is 11.1. The van der Waals surface area contributed by atoms with Gasteiger partial charge in [-0.3, -0.25) is 14.9 Å². The van der Waals surface area contributed by atoms with Crippen molar-refractivity contribution in [1.82, 2.24) is 15.5 Å². The molecule has 0 saturated carbocycles. The molecule has 9 heteroatoms. The van der Waals surface area contributed by atoms with Gasteiger partial charge in [0.05, 0.1) is 0 Å². The van der Waals surface area contributed by atoms with E-state index in [4.69, 9.17) is 0 Å². The SMILES string of the molecule is CC(NC(=O)/C=C/c1ccccc1)C(=O)Nc1nnc(SCc2cccs2)s1. The van der Waals surface area contributed by atoms with Gasteiger partial charge in [-0.1, -0.05) is 59.5 Å². The van der Waals surface area contributed by atoms with Crippen LogP contribution in [0.2, 0.25) is 0 Å². The summed E-state index contributed by atoms with van der Waals surface area (Å²) in [5.41, 5.74) is 0.913. The maximum Gasteiger partial charge on any atom is 0.248 e. The highest BCUT2D eigenvalue weighted by Gasteiger charge is 2.16. The predicted molar refractivity (Wildman–Crippen MR) is 115 cm³/mol. The molecule has 1 unspecified atom stereocenters. The molecule has 6 nitrogen and oxygen atoms in total. The van der Waals surface area contributed by atoms with Gasteiger partial charge in [-0.25, -0.2) is 0 Å². The standard InChI is InChI=1S/C19H18N4O2S3/c1-13(20-16(24)10-9-14-6-3-2-4-7-14)17(25)21-18-22-23-19(28-18)27-12-15-8-5-11-26-15/h2-11,13H,12H2,1H3,(H,20,24)(H,21,22,25)/b10-9+. The molecule has 28 heavy (non-hydrogen) atoms. The number of nitrogens with one attached hydrogen (secondary N) is 2. The van der Waals surface area contributed by atoms with Gasteiger partial charge >= 0.3 is 0 Å². The van der Waals surface area contributed by atoms with Gasteiger partial charge in [-0.05, 0) is 30.0 Å². The Morgan fingerprint density at radius 2 is 2.00 bits per heavy atom. The van der Waals surface area contributed by atoms with E-state index in [1.54, 1.807) is 36.1 Å². The van der Waals surface area contributed by atoms with Crippen LogP contribution in [0, 0.1) is 0 Å². The Balaban J connectivity index is 1.46. The van der Waals surface area contributed by atoms with Crippen LogP contribution in [0.3, 0.4) is 0 Å². The van der Waals surface area contributed by atoms with E-state index in [1.165, 1.54) is 22.3 Å². The fraction of sp³-hybridized carbons (Fsp3) is 0.158. The van der Waals surface area contributed by atoms with Crippen LogP contribution in [0.25, 0.3) is 6.08 Å². The Morgan fingerprint density at radius 3 is 2.75 bits per heavy atom. The molecule has 3 rings (SSSR count). The number of nitrogens with zero attached hydrogens (tertiary/aromatic N) is 2. The summed E-state index contributed by atoms with van der Waals surface area (Å²) in [4.78, 5) is 25.5. The van der Waals surface area contributed by atoms with Gasteiger partial charge in [0.25, 0.3) is 0 Å². The highest BCUT2D eigenvalue weighted by molar-refractivity contribution is 8.00. The van der Waals surface area contributed by atoms with E-state index in [0.717, 1.165) is 15.7 Å². The van der Waals surface area contributed by atoms with Crippen LogP contribution in [0.15, 0.2) is 58.3 Å². The summed E-state index contributed by atoms with van der Waals surface area (Å²) < 4.78 is 0.784. The lowest BCUT2D eigenvalue weighted by Gasteiger charge is -2.11. The largest absolute Gasteiger partial charge is 0.341 e. The van der Waals surface area contributed by atoms with Crippen molar-refractivity contribution >= 4 is 57.5 Å². The van der Waals surface area contributed by atoms with Crippen molar-refractivity contribution in [1.29, 1.82) is 0 Å². The number of hydrogen-bond acceptors (Lipinski definition) is 7. The Labute approximate surface area is 175 Å². The first-order chi connectivity index (χ1) is 13.6. The Morgan fingerprint density at radius 1 is 1.18 bits per heavy atom. The number of carbonyl (C=O) groups is 2. The molecule has 0 spiro atoms. The average Bonchev–Trinajstić information content (AvgIpc) is 3.37. The highest BCUT2D eigenvalue weighted by Crippen LogP contribution is 2.29. The quantitative estimate of drug-likeness (QED) is 0.320. The molecule has 144 valence electrons. The average molecular weight is 431 g/mol. The van der Waals surface area contributed by atoms with Crippen molar-refractivity contribution in [3.63, 3.8) is 0 Å². The summed E-state index contributed by atoms with van der Waals surface area (Å²) in [6, 6.07) is 12.9. The summed E-state index contributed by atoms with van der Waals surface area (Å²) in [7, 11) is 0. The van der Waals surface area contributed by atoms with Crippen LogP contribution in [0.4, 0.5) is 5.13 Å². The molecule has 0 saturated heterocycles. The van der Waals surface area contributed by atoms with Crippen molar-refractivity contribution in [2.75, 3.05) is 5.32 Å². The number of amides is 2. The van der Waals surface area contributed by atoms with Crippen LogP contribution in [-0.4, -0.2) is 28.1 Å². The number of anilines is 1. The van der Waals surface area contributed by atoms with Crippen molar-refractivity contribution < 1.29 is 9.59 Å². The van der Waals surface area contributed by atoms with E-state index in [9.17, 15) is 9.59 Å². The fourth-order valence-electron chi connectivity index (χ4n) is 2.12. The summed E-state index contributed by atoms with van der Waals surface area (Å²) in [5.74, 6) is 0.142. The van der Waals surface area contributed by atoms with Crippen molar-refractivity contribution in [3.8, 4) is 0 Å². The topological polar surface area (TPSA) is 84.0 Å². The summed E-state index contributed by atoms with van der Waals surface area (Å²) in [5, 5.41) is 15.8. The first kappa shape index (κ1) is 20.2. The molecule has 0 aliphatic carbocycles. The highest BCUT2D eigenvalue weighted by atomic mass is 32.2. The second-order valence-corrected chi connectivity index (χ2v) is 8.94. The monoisotopic (exact) mass is 430 g/mol. The van der Waals surface area contributed by atoms with E-state index in [0.29, 0.717) is 5.13 Å². The van der Waals surface area contributed by atoms with Crippen LogP contribution < -0.4 is 10.6 Å². The minimum atomic E-state index is -0.695. The number of carbonyl (C=O) groups excluding carboxylic acids is 2. The molecule has 0 fully saturated rings. The van der Waals surface area contributed by atoms with Crippen LogP contribution in [-0.2, 0) is 15.3 Å². The van der Waals surface area contributed by atoms with Crippen LogP contribution in [0.5, 0.6) is 0 Å². The van der Waals surface area contributed by atoms with Crippen LogP contribution in [0.1, 0.15) is 17.4 Å². The molecule has 3 aromatic rings. The molecule has 1 aromatic carbocycles. The third-order valence-electron chi connectivity index (χ3n) is 3.53. The number of rotatable bonds is 8. The number of aromatic nitrogens is 2. The van der Waals surface area contributed by atoms with Crippen LogP contribution >= 0.6 is 34.4 Å². The second-order valence-electron chi connectivity index (χ2n) is 5.70. The molecule has 2 aromatic heterocycles. The first-order valence-electron chi connectivity index (χ1n) is 8.43. The Kier molecular flexibility index (Phi) is 7.35. The maximum absolute atomic E-state index is 12.3. The zero-order valence-electron chi connectivity index (χ0n) is 15.0. The lowest BCUT2D eigenvalue weighted by Crippen LogP contribution is -2.40. The van der Waals surface area contributed by atoms with Gasteiger partial charge < -0.3 is 5.32 Å². The van der Waals surface area contributed by atoms with Crippen molar-refractivity contribution in [2.45, 2.75) is 23.1 Å². The van der Waals surface area contributed by atoms with E-state index in [-0.39, 0.29) is 11.8 Å². The molecular formula is C19H18N4O2S3. The Bertz CT molecular complexity index is 939. The zero-order chi connectivity index (χ0) is 19.8. The zero-order valence-corrected chi connectivity index (χ0v) is 17.4. The Hall–Kier alpha value is -2.49. The lowest BCUT2D eigenvalue weighted by molar-refractivity contribution is -0.123. The van der Waals surface area contributed by atoms with Crippen molar-refractivity contribution in [2.24, 2.45) is 0 Å². The minimum absolute atomic E-state index is 0.337. The summed E-state index contributed by atoms with van der Waals surface area (Å²) in [6.45, 7) is 1.62. The molecule has 0 radical (unpaired) electrons. The maximum atomic E-state index is 12.3. The minimum Gasteiger partial charge on any atom is -0.341 e. The fourth-order valence-corrected chi connectivity index (χ4v) is 4.65. The lowest BCUT2D eigenvalue weighted by atomic mass is 10.2. The van der Waals surface area contributed by atoms with Gasteiger partial charge in [0.15, 0.2) is 4.34 Å². The third kappa shape index (κ3) is 6.29. The molecule has 2 heterocycles. The van der Waals surface area contributed by atoms with E-state index in [1.807, 2.05) is 41.8 Å². The molecule has 0 bridgehead atoms. The molecular weight excluding hydrogens is 412 g/mol. The molecule has 2 N–H and O–H groups in total. The van der Waals surface area contributed by atoms with E-state index >= 15 is 0 Å². The van der Waals surface area contributed by atoms with Gasteiger partial charge in [0.1, 0.15) is 6.04 Å². The molecule has 0 aliphatic heterocycles. The number of hydrogen-bond donors (Lipinski definition) is 2. The van der Waals surface area contributed by atoms with E-state index < -0.39 is 6.04 Å². The number of thioether (sulfide) groups is 1. The molecule has 2 amide bonds. The van der Waals surface area contributed by atoms with E-state index in [2.05, 4.69) is 26.9 Å². The summed E-state index contributed by atoms with van der Waals surface area (Å²) >= 11 is 4.58.